The van der Waals surface area contributed by atoms with Crippen LogP contribution in [0.3, 0.4) is 0 Å². The highest BCUT2D eigenvalue weighted by atomic mass is 35.5. The molecule has 1 atom stereocenters. The SMILES string of the molecule is COc1ccc2c(c1)nc(C(C)Cl)n2Cc1ccncn1. The second kappa shape index (κ2) is 5.69. The molecule has 0 saturated carbocycles. The number of imidazole rings is 1. The minimum Gasteiger partial charge on any atom is -0.497 e. The smallest absolute Gasteiger partial charge is 0.128 e. The van der Waals surface area contributed by atoms with E-state index in [9.17, 15) is 0 Å². The molecule has 0 aliphatic carbocycles. The second-order valence-electron chi connectivity index (χ2n) is 4.73. The first-order valence-corrected chi connectivity index (χ1v) is 7.06. The fraction of sp³-hybridized carbons (Fsp3) is 0.267. The third-order valence-electron chi connectivity index (χ3n) is 3.30. The summed E-state index contributed by atoms with van der Waals surface area (Å²) in [4.78, 5) is 12.8. The third kappa shape index (κ3) is 2.69. The molecule has 108 valence electrons. The van der Waals surface area contributed by atoms with E-state index >= 15 is 0 Å². The highest BCUT2D eigenvalue weighted by molar-refractivity contribution is 6.20. The zero-order valence-electron chi connectivity index (χ0n) is 11.8. The summed E-state index contributed by atoms with van der Waals surface area (Å²) in [7, 11) is 1.64. The van der Waals surface area contributed by atoms with E-state index in [0.717, 1.165) is 28.3 Å². The molecule has 6 heteroatoms. The number of hydrogen-bond acceptors (Lipinski definition) is 4. The maximum Gasteiger partial charge on any atom is 0.128 e. The molecule has 3 rings (SSSR count). The predicted molar refractivity (Wildman–Crippen MR) is 81.7 cm³/mol. The van der Waals surface area contributed by atoms with Crippen molar-refractivity contribution in [3.8, 4) is 5.75 Å². The van der Waals surface area contributed by atoms with Gasteiger partial charge in [0.2, 0.25) is 0 Å². The molecule has 1 aromatic carbocycles. The van der Waals surface area contributed by atoms with Crippen LogP contribution in [0, 0.1) is 0 Å². The minimum atomic E-state index is -0.190. The molecule has 5 nitrogen and oxygen atoms in total. The number of fused-ring (bicyclic) bond motifs is 1. The Kier molecular flexibility index (Phi) is 3.75. The number of hydrogen-bond donors (Lipinski definition) is 0. The van der Waals surface area contributed by atoms with Crippen molar-refractivity contribution in [2.75, 3.05) is 7.11 Å². The first-order chi connectivity index (χ1) is 10.2. The standard InChI is InChI=1S/C15H15ClN4O/c1-10(16)15-19-13-7-12(21-2)3-4-14(13)20(15)8-11-5-6-17-9-18-11/h3-7,9-10H,8H2,1-2H3. The van der Waals surface area contributed by atoms with Gasteiger partial charge in [-0.25, -0.2) is 15.0 Å². The topological polar surface area (TPSA) is 52.8 Å². The Morgan fingerprint density at radius 3 is 2.86 bits per heavy atom. The zero-order valence-corrected chi connectivity index (χ0v) is 12.6. The molecule has 3 aromatic rings. The molecule has 0 saturated heterocycles. The maximum absolute atomic E-state index is 6.27. The van der Waals surface area contributed by atoms with Gasteiger partial charge in [0.05, 0.1) is 35.8 Å². The number of aromatic nitrogens is 4. The predicted octanol–water partition coefficient (Wildman–Crippen LogP) is 3.18. The van der Waals surface area contributed by atoms with E-state index in [1.165, 1.54) is 0 Å². The quantitative estimate of drug-likeness (QED) is 0.695. The molecular weight excluding hydrogens is 288 g/mol. The van der Waals surface area contributed by atoms with Gasteiger partial charge in [0, 0.05) is 12.3 Å². The van der Waals surface area contributed by atoms with Gasteiger partial charge in [-0.05, 0) is 25.1 Å². The number of rotatable bonds is 4. The van der Waals surface area contributed by atoms with Gasteiger partial charge in [-0.1, -0.05) is 0 Å². The fourth-order valence-corrected chi connectivity index (χ4v) is 2.47. The summed E-state index contributed by atoms with van der Waals surface area (Å²) in [6.45, 7) is 2.52. The van der Waals surface area contributed by atoms with Crippen molar-refractivity contribution < 1.29 is 4.74 Å². The van der Waals surface area contributed by atoms with Crippen molar-refractivity contribution in [1.82, 2.24) is 19.5 Å². The Morgan fingerprint density at radius 1 is 1.33 bits per heavy atom. The molecular formula is C15H15ClN4O. The lowest BCUT2D eigenvalue weighted by molar-refractivity contribution is 0.415. The summed E-state index contributed by atoms with van der Waals surface area (Å²) in [6, 6.07) is 7.71. The van der Waals surface area contributed by atoms with Gasteiger partial charge >= 0.3 is 0 Å². The molecule has 0 amide bonds. The Labute approximate surface area is 127 Å². The summed E-state index contributed by atoms with van der Waals surface area (Å²) in [5.74, 6) is 1.60. The summed E-state index contributed by atoms with van der Waals surface area (Å²) in [5.41, 5.74) is 2.79. The van der Waals surface area contributed by atoms with Crippen LogP contribution in [-0.4, -0.2) is 26.6 Å². The molecule has 1 unspecified atom stereocenters. The van der Waals surface area contributed by atoms with Gasteiger partial charge in [0.25, 0.3) is 0 Å². The number of methoxy groups -OCH3 is 1. The van der Waals surface area contributed by atoms with E-state index in [4.69, 9.17) is 16.3 Å². The van der Waals surface area contributed by atoms with Crippen LogP contribution in [0.1, 0.15) is 23.8 Å². The van der Waals surface area contributed by atoms with Gasteiger partial charge < -0.3 is 9.30 Å². The van der Waals surface area contributed by atoms with E-state index in [-0.39, 0.29) is 5.38 Å². The Balaban J connectivity index is 2.12. The lowest BCUT2D eigenvalue weighted by Gasteiger charge is -2.10. The van der Waals surface area contributed by atoms with Crippen molar-refractivity contribution >= 4 is 22.6 Å². The van der Waals surface area contributed by atoms with Crippen molar-refractivity contribution in [2.45, 2.75) is 18.8 Å². The van der Waals surface area contributed by atoms with Crippen molar-refractivity contribution in [2.24, 2.45) is 0 Å². The van der Waals surface area contributed by atoms with Crippen LogP contribution in [-0.2, 0) is 6.54 Å². The second-order valence-corrected chi connectivity index (χ2v) is 5.38. The van der Waals surface area contributed by atoms with Gasteiger partial charge in [-0.2, -0.15) is 0 Å². The lowest BCUT2D eigenvalue weighted by atomic mass is 10.3. The van der Waals surface area contributed by atoms with Crippen LogP contribution in [0.25, 0.3) is 11.0 Å². The Bertz CT molecular complexity index is 755. The molecule has 0 aliphatic rings. The van der Waals surface area contributed by atoms with Gasteiger partial charge in [-0.3, -0.25) is 0 Å². The normalized spacial score (nSPS) is 12.5. The van der Waals surface area contributed by atoms with E-state index < -0.39 is 0 Å². The summed E-state index contributed by atoms with van der Waals surface area (Å²) in [5, 5.41) is -0.190. The Morgan fingerprint density at radius 2 is 2.19 bits per heavy atom. The maximum atomic E-state index is 6.27. The summed E-state index contributed by atoms with van der Waals surface area (Å²) >= 11 is 6.27. The molecule has 2 heterocycles. The number of nitrogens with zero attached hydrogens (tertiary/aromatic N) is 4. The largest absolute Gasteiger partial charge is 0.497 e. The number of halogens is 1. The average molecular weight is 303 g/mol. The van der Waals surface area contributed by atoms with E-state index in [2.05, 4.69) is 19.5 Å². The van der Waals surface area contributed by atoms with Gasteiger partial charge in [0.1, 0.15) is 17.9 Å². The van der Waals surface area contributed by atoms with Gasteiger partial charge in [-0.15, -0.1) is 11.6 Å². The van der Waals surface area contributed by atoms with Crippen molar-refractivity contribution in [3.05, 3.63) is 48.3 Å². The van der Waals surface area contributed by atoms with Crippen LogP contribution in [0.5, 0.6) is 5.75 Å². The average Bonchev–Trinajstić information content (AvgIpc) is 2.86. The molecule has 21 heavy (non-hydrogen) atoms. The number of benzene rings is 1. The van der Waals surface area contributed by atoms with Crippen LogP contribution in [0.2, 0.25) is 0 Å². The monoisotopic (exact) mass is 302 g/mol. The van der Waals surface area contributed by atoms with Crippen LogP contribution < -0.4 is 4.74 Å². The minimum absolute atomic E-state index is 0.190. The van der Waals surface area contributed by atoms with Gasteiger partial charge in [0.15, 0.2) is 0 Å². The van der Waals surface area contributed by atoms with E-state index in [1.807, 2.05) is 31.2 Å². The molecule has 0 aliphatic heterocycles. The highest BCUT2D eigenvalue weighted by Gasteiger charge is 2.16. The fourth-order valence-electron chi connectivity index (χ4n) is 2.30. The molecule has 0 bridgehead atoms. The third-order valence-corrected chi connectivity index (χ3v) is 3.50. The molecule has 0 fully saturated rings. The molecule has 0 radical (unpaired) electrons. The lowest BCUT2D eigenvalue weighted by Crippen LogP contribution is -2.07. The molecule has 0 spiro atoms. The van der Waals surface area contributed by atoms with Crippen LogP contribution >= 0.6 is 11.6 Å². The van der Waals surface area contributed by atoms with Crippen LogP contribution in [0.4, 0.5) is 0 Å². The number of alkyl halides is 1. The molecule has 2 aromatic heterocycles. The van der Waals surface area contributed by atoms with Crippen molar-refractivity contribution in [3.63, 3.8) is 0 Å². The zero-order chi connectivity index (χ0) is 14.8. The first-order valence-electron chi connectivity index (χ1n) is 6.62. The first kappa shape index (κ1) is 13.8. The summed E-state index contributed by atoms with van der Waals surface area (Å²) < 4.78 is 7.33. The van der Waals surface area contributed by atoms with Crippen LogP contribution in [0.15, 0.2) is 36.8 Å². The van der Waals surface area contributed by atoms with E-state index in [1.54, 1.807) is 19.6 Å². The highest BCUT2D eigenvalue weighted by Crippen LogP contribution is 2.27. The summed E-state index contributed by atoms with van der Waals surface area (Å²) in [6.07, 6.45) is 3.27. The van der Waals surface area contributed by atoms with Crippen molar-refractivity contribution in [1.29, 1.82) is 0 Å². The Hall–Kier alpha value is -2.14. The van der Waals surface area contributed by atoms with E-state index in [0.29, 0.717) is 6.54 Å². The molecule has 0 N–H and O–H groups in total. The number of ether oxygens (including phenoxy) is 1.